The van der Waals surface area contributed by atoms with Gasteiger partial charge >= 0.3 is 0 Å². The Balaban J connectivity index is 0.00000147. The second kappa shape index (κ2) is 5.66. The third kappa shape index (κ3) is 2.29. The summed E-state index contributed by atoms with van der Waals surface area (Å²) in [5.41, 5.74) is 0.184. The Labute approximate surface area is 122 Å². The van der Waals surface area contributed by atoms with Crippen molar-refractivity contribution in [2.24, 2.45) is 5.41 Å². The molecule has 0 aliphatic carbocycles. The van der Waals surface area contributed by atoms with Crippen LogP contribution in [0.5, 0.6) is 0 Å². The van der Waals surface area contributed by atoms with E-state index in [-0.39, 0.29) is 24.2 Å². The molecule has 2 aliphatic heterocycles. The third-order valence-electron chi connectivity index (χ3n) is 4.35. The van der Waals surface area contributed by atoms with Crippen molar-refractivity contribution < 1.29 is 13.6 Å². The van der Waals surface area contributed by atoms with Crippen LogP contribution in [0.3, 0.4) is 0 Å². The summed E-state index contributed by atoms with van der Waals surface area (Å²) in [6.07, 6.45) is 1.71. The van der Waals surface area contributed by atoms with Crippen molar-refractivity contribution >= 4 is 18.3 Å². The van der Waals surface area contributed by atoms with Crippen LogP contribution in [-0.4, -0.2) is 25.5 Å². The van der Waals surface area contributed by atoms with Crippen molar-refractivity contribution in [3.8, 4) is 0 Å². The Morgan fingerprint density at radius 2 is 2.05 bits per heavy atom. The molecule has 0 aromatic heterocycles. The molecule has 0 saturated carbocycles. The van der Waals surface area contributed by atoms with E-state index < -0.39 is 17.0 Å². The average Bonchev–Trinajstić information content (AvgIpc) is 2.72. The summed E-state index contributed by atoms with van der Waals surface area (Å²) in [6.45, 7) is 1.99. The molecule has 1 spiro atoms. The topological polar surface area (TPSA) is 41.1 Å². The lowest BCUT2D eigenvalue weighted by molar-refractivity contribution is -0.129. The summed E-state index contributed by atoms with van der Waals surface area (Å²) in [5, 5.41) is 6.11. The molecule has 110 valence electrons. The predicted molar refractivity (Wildman–Crippen MR) is 73.9 cm³/mol. The van der Waals surface area contributed by atoms with Crippen LogP contribution < -0.4 is 10.6 Å². The Hall–Kier alpha value is -1.20. The monoisotopic (exact) mass is 302 g/mol. The molecule has 1 aromatic carbocycles. The summed E-state index contributed by atoms with van der Waals surface area (Å²) >= 11 is 0. The number of hydrogen-bond donors (Lipinski definition) is 2. The highest BCUT2D eigenvalue weighted by Gasteiger charge is 2.51. The highest BCUT2D eigenvalue weighted by Crippen LogP contribution is 2.44. The summed E-state index contributed by atoms with van der Waals surface area (Å²) in [4.78, 5) is 12.2. The first-order valence-corrected chi connectivity index (χ1v) is 6.57. The standard InChI is InChI=1S/C14H16F2N2O.ClH/c15-11-3-2-9(6-12(11)16)10-7-18-13(19)14(10)4-1-5-17-8-14;/h2-3,6,10,17H,1,4-5,7-8H2,(H,18,19);1H. The molecule has 2 N–H and O–H groups in total. The number of piperidine rings is 1. The summed E-state index contributed by atoms with van der Waals surface area (Å²) in [5.74, 6) is -1.77. The van der Waals surface area contributed by atoms with Gasteiger partial charge in [0.05, 0.1) is 5.41 Å². The fourth-order valence-electron chi connectivity index (χ4n) is 3.31. The van der Waals surface area contributed by atoms with Gasteiger partial charge in [-0.2, -0.15) is 0 Å². The van der Waals surface area contributed by atoms with Crippen LogP contribution in [0, 0.1) is 17.0 Å². The van der Waals surface area contributed by atoms with E-state index in [4.69, 9.17) is 0 Å². The molecule has 20 heavy (non-hydrogen) atoms. The summed E-state index contributed by atoms with van der Waals surface area (Å²) in [7, 11) is 0. The van der Waals surface area contributed by atoms with Crippen molar-refractivity contribution in [2.75, 3.05) is 19.6 Å². The second-order valence-corrected chi connectivity index (χ2v) is 5.37. The minimum Gasteiger partial charge on any atom is -0.355 e. The van der Waals surface area contributed by atoms with Gasteiger partial charge in [-0.05, 0) is 37.1 Å². The molecule has 2 atom stereocenters. The molecule has 3 rings (SSSR count). The van der Waals surface area contributed by atoms with Gasteiger partial charge in [-0.1, -0.05) is 6.07 Å². The van der Waals surface area contributed by atoms with Crippen LogP contribution in [0.15, 0.2) is 18.2 Å². The lowest BCUT2D eigenvalue weighted by atomic mass is 9.69. The summed E-state index contributed by atoms with van der Waals surface area (Å²) in [6, 6.07) is 3.94. The number of benzene rings is 1. The van der Waals surface area contributed by atoms with Crippen LogP contribution in [0.4, 0.5) is 8.78 Å². The smallest absolute Gasteiger partial charge is 0.228 e. The normalized spacial score (nSPS) is 29.1. The predicted octanol–water partition coefficient (Wildman–Crippen LogP) is 1.97. The van der Waals surface area contributed by atoms with E-state index in [0.29, 0.717) is 18.7 Å². The SMILES string of the molecule is Cl.O=C1NCC(c2ccc(F)c(F)c2)C12CCCNC2. The number of amides is 1. The lowest BCUT2D eigenvalue weighted by Crippen LogP contribution is -2.47. The Kier molecular flexibility index (Phi) is 4.30. The maximum atomic E-state index is 13.4. The number of halogens is 3. The molecule has 6 heteroatoms. The van der Waals surface area contributed by atoms with Crippen molar-refractivity contribution in [3.63, 3.8) is 0 Å². The van der Waals surface area contributed by atoms with Crippen LogP contribution >= 0.6 is 12.4 Å². The molecular formula is C14H17ClF2N2O. The molecule has 3 nitrogen and oxygen atoms in total. The molecule has 0 radical (unpaired) electrons. The number of carbonyl (C=O) groups excluding carboxylic acids is 1. The second-order valence-electron chi connectivity index (χ2n) is 5.37. The molecule has 2 heterocycles. The van der Waals surface area contributed by atoms with Gasteiger partial charge in [-0.25, -0.2) is 8.78 Å². The Morgan fingerprint density at radius 1 is 1.25 bits per heavy atom. The lowest BCUT2D eigenvalue weighted by Gasteiger charge is -2.36. The van der Waals surface area contributed by atoms with Gasteiger partial charge in [0.25, 0.3) is 0 Å². The van der Waals surface area contributed by atoms with Crippen LogP contribution in [0.25, 0.3) is 0 Å². The number of hydrogen-bond acceptors (Lipinski definition) is 2. The van der Waals surface area contributed by atoms with E-state index in [2.05, 4.69) is 10.6 Å². The van der Waals surface area contributed by atoms with Gasteiger partial charge < -0.3 is 10.6 Å². The van der Waals surface area contributed by atoms with Crippen LogP contribution in [0.2, 0.25) is 0 Å². The van der Waals surface area contributed by atoms with Gasteiger partial charge in [-0.15, -0.1) is 12.4 Å². The van der Waals surface area contributed by atoms with E-state index in [0.717, 1.165) is 25.5 Å². The highest BCUT2D eigenvalue weighted by molar-refractivity contribution is 5.87. The number of nitrogens with one attached hydrogen (secondary N) is 2. The fraction of sp³-hybridized carbons (Fsp3) is 0.500. The minimum atomic E-state index is -0.851. The zero-order valence-electron chi connectivity index (χ0n) is 10.9. The van der Waals surface area contributed by atoms with Gasteiger partial charge in [0, 0.05) is 19.0 Å². The van der Waals surface area contributed by atoms with Crippen molar-refractivity contribution in [2.45, 2.75) is 18.8 Å². The first-order valence-electron chi connectivity index (χ1n) is 6.57. The highest BCUT2D eigenvalue weighted by atomic mass is 35.5. The maximum Gasteiger partial charge on any atom is 0.228 e. The average molecular weight is 303 g/mol. The Morgan fingerprint density at radius 3 is 2.70 bits per heavy atom. The van der Waals surface area contributed by atoms with Gasteiger partial charge in [-0.3, -0.25) is 4.79 Å². The molecule has 1 amide bonds. The zero-order chi connectivity index (χ0) is 13.5. The number of carbonyl (C=O) groups is 1. The molecule has 2 saturated heterocycles. The van der Waals surface area contributed by atoms with E-state index in [1.54, 1.807) is 6.07 Å². The van der Waals surface area contributed by atoms with Crippen LogP contribution in [0.1, 0.15) is 24.3 Å². The van der Waals surface area contributed by atoms with E-state index >= 15 is 0 Å². The molecule has 2 aliphatic rings. The van der Waals surface area contributed by atoms with Crippen molar-refractivity contribution in [1.82, 2.24) is 10.6 Å². The van der Waals surface area contributed by atoms with Crippen molar-refractivity contribution in [1.29, 1.82) is 0 Å². The first kappa shape index (κ1) is 15.2. The first-order chi connectivity index (χ1) is 9.13. The molecular weight excluding hydrogens is 286 g/mol. The molecule has 2 unspecified atom stereocenters. The van der Waals surface area contributed by atoms with E-state index in [1.165, 1.54) is 6.07 Å². The molecule has 2 fully saturated rings. The molecule has 1 aromatic rings. The van der Waals surface area contributed by atoms with E-state index in [1.807, 2.05) is 0 Å². The maximum absolute atomic E-state index is 13.4. The molecule has 0 bridgehead atoms. The van der Waals surface area contributed by atoms with Crippen LogP contribution in [-0.2, 0) is 4.79 Å². The quantitative estimate of drug-likeness (QED) is 0.833. The fourth-order valence-corrected chi connectivity index (χ4v) is 3.31. The van der Waals surface area contributed by atoms with Crippen molar-refractivity contribution in [3.05, 3.63) is 35.4 Å². The summed E-state index contributed by atoms with van der Waals surface area (Å²) < 4.78 is 26.4. The number of rotatable bonds is 1. The van der Waals surface area contributed by atoms with Gasteiger partial charge in [0.2, 0.25) is 5.91 Å². The van der Waals surface area contributed by atoms with Gasteiger partial charge in [0.1, 0.15) is 0 Å². The van der Waals surface area contributed by atoms with E-state index in [9.17, 15) is 13.6 Å². The minimum absolute atomic E-state index is 0. The largest absolute Gasteiger partial charge is 0.355 e. The van der Waals surface area contributed by atoms with Gasteiger partial charge in [0.15, 0.2) is 11.6 Å². The third-order valence-corrected chi connectivity index (χ3v) is 4.35. The Bertz CT molecular complexity index is 518. The zero-order valence-corrected chi connectivity index (χ0v) is 11.7.